The Hall–Kier alpha value is -2.99. The van der Waals surface area contributed by atoms with Crippen LogP contribution in [0.2, 0.25) is 0 Å². The van der Waals surface area contributed by atoms with Gasteiger partial charge in [0.25, 0.3) is 5.91 Å². The second-order valence-corrected chi connectivity index (χ2v) is 7.35. The van der Waals surface area contributed by atoms with Crippen LogP contribution in [-0.2, 0) is 0 Å². The predicted molar refractivity (Wildman–Crippen MR) is 106 cm³/mol. The number of nitrogens with zero attached hydrogens (tertiary/aromatic N) is 2. The molecule has 144 valence electrons. The quantitative estimate of drug-likeness (QED) is 0.664. The Balaban J connectivity index is 1.47. The summed E-state index contributed by atoms with van der Waals surface area (Å²) in [5.74, 6) is -0.263. The predicted octanol–water partition coefficient (Wildman–Crippen LogP) is 3.71. The zero-order valence-corrected chi connectivity index (χ0v) is 15.5. The topological polar surface area (TPSA) is 83.7 Å². The van der Waals surface area contributed by atoms with E-state index in [1.165, 1.54) is 6.20 Å². The number of aliphatic hydroxyl groups excluding tert-OH is 1. The summed E-state index contributed by atoms with van der Waals surface area (Å²) in [7, 11) is 0. The van der Waals surface area contributed by atoms with Gasteiger partial charge in [0.15, 0.2) is 5.78 Å². The average Bonchev–Trinajstić information content (AvgIpc) is 3.14. The van der Waals surface area contributed by atoms with E-state index in [0.717, 1.165) is 25.7 Å². The molecule has 0 unspecified atom stereocenters. The molecule has 28 heavy (non-hydrogen) atoms. The van der Waals surface area contributed by atoms with Crippen molar-refractivity contribution < 1.29 is 14.7 Å². The van der Waals surface area contributed by atoms with Crippen molar-refractivity contribution in [2.24, 2.45) is 5.92 Å². The number of benzene rings is 1. The number of Topliss-reactive ketones (excluding diaryl/α,β-unsaturated/α-hetero) is 1. The summed E-state index contributed by atoms with van der Waals surface area (Å²) in [5, 5.41) is 13.0. The fourth-order valence-electron chi connectivity index (χ4n) is 3.85. The summed E-state index contributed by atoms with van der Waals surface area (Å²) in [5.41, 5.74) is 2.24. The fraction of sp³-hybridized carbons (Fsp3) is 0.318. The van der Waals surface area contributed by atoms with Crippen LogP contribution >= 0.6 is 0 Å². The van der Waals surface area contributed by atoms with Crippen molar-refractivity contribution in [1.82, 2.24) is 9.38 Å². The lowest BCUT2D eigenvalue weighted by Crippen LogP contribution is -2.26. The number of hydrogen-bond donors (Lipinski definition) is 2. The molecule has 0 saturated heterocycles. The van der Waals surface area contributed by atoms with Gasteiger partial charge in [-0.1, -0.05) is 31.0 Å². The van der Waals surface area contributed by atoms with Crippen molar-refractivity contribution >= 4 is 23.0 Å². The van der Waals surface area contributed by atoms with Gasteiger partial charge in [-0.2, -0.15) is 0 Å². The fourth-order valence-corrected chi connectivity index (χ4v) is 3.85. The number of ketones is 1. The lowest BCUT2D eigenvalue weighted by molar-refractivity contribution is 0.0583. The largest absolute Gasteiger partial charge is 0.393 e. The third-order valence-corrected chi connectivity index (χ3v) is 5.41. The van der Waals surface area contributed by atoms with Crippen molar-refractivity contribution in [3.8, 4) is 0 Å². The molecule has 2 aromatic heterocycles. The van der Waals surface area contributed by atoms with E-state index in [1.54, 1.807) is 34.9 Å². The van der Waals surface area contributed by atoms with Crippen LogP contribution in [0.5, 0.6) is 0 Å². The Bertz CT molecular complexity index is 1010. The number of amides is 1. The molecule has 2 atom stereocenters. The maximum Gasteiger partial charge on any atom is 0.274 e. The summed E-state index contributed by atoms with van der Waals surface area (Å²) in [6, 6.07) is 12.5. The first-order valence-corrected chi connectivity index (χ1v) is 9.66. The summed E-state index contributed by atoms with van der Waals surface area (Å²) in [6.45, 7) is 0. The second kappa shape index (κ2) is 7.94. The molecule has 0 spiro atoms. The van der Waals surface area contributed by atoms with Crippen molar-refractivity contribution in [3.63, 3.8) is 0 Å². The van der Waals surface area contributed by atoms with E-state index >= 15 is 0 Å². The van der Waals surface area contributed by atoms with E-state index in [4.69, 9.17) is 0 Å². The van der Waals surface area contributed by atoms with E-state index in [2.05, 4.69) is 10.3 Å². The smallest absolute Gasteiger partial charge is 0.274 e. The number of rotatable bonds is 5. The molecule has 1 aliphatic rings. The summed E-state index contributed by atoms with van der Waals surface area (Å²) in [4.78, 5) is 29.5. The van der Waals surface area contributed by atoms with Crippen LogP contribution < -0.4 is 5.32 Å². The molecule has 1 amide bonds. The number of nitrogens with one attached hydrogen (secondary N) is 1. The number of aliphatic hydroxyl groups is 1. The number of anilines is 1. The van der Waals surface area contributed by atoms with E-state index in [9.17, 15) is 14.7 Å². The van der Waals surface area contributed by atoms with Gasteiger partial charge in [-0.15, -0.1) is 0 Å². The maximum absolute atomic E-state index is 12.7. The molecule has 2 heterocycles. The standard InChI is InChI=1S/C22H23N3O3/c26-19-9-2-1-6-16(19)13-20(27)15-7-5-8-17(12-15)24-22(28)18-14-23-21-10-3-4-11-25(18)21/h3-5,7-8,10-12,14,16,19,26H,1-2,6,9,13H2,(H,24,28)/t16-,19-/m1/s1. The molecule has 6 heteroatoms. The van der Waals surface area contributed by atoms with E-state index in [0.29, 0.717) is 29.0 Å². The highest BCUT2D eigenvalue weighted by molar-refractivity contribution is 6.04. The van der Waals surface area contributed by atoms with E-state index < -0.39 is 6.10 Å². The minimum atomic E-state index is -0.393. The SMILES string of the molecule is O=C(C[C@H]1CCCC[C@H]1O)c1cccc(NC(=O)c2cnc3ccccn23)c1. The zero-order chi connectivity index (χ0) is 19.5. The number of carbonyl (C=O) groups is 2. The number of aromatic nitrogens is 2. The molecule has 1 fully saturated rings. The first-order valence-electron chi connectivity index (χ1n) is 9.66. The molecule has 0 radical (unpaired) electrons. The first kappa shape index (κ1) is 18.4. The molecule has 1 saturated carbocycles. The van der Waals surface area contributed by atoms with Gasteiger partial charge in [0, 0.05) is 23.9 Å². The lowest BCUT2D eigenvalue weighted by Gasteiger charge is -2.26. The van der Waals surface area contributed by atoms with E-state index in [1.807, 2.05) is 18.2 Å². The molecule has 1 aromatic carbocycles. The monoisotopic (exact) mass is 377 g/mol. The Morgan fingerprint density at radius 3 is 2.86 bits per heavy atom. The average molecular weight is 377 g/mol. The van der Waals surface area contributed by atoms with Gasteiger partial charge >= 0.3 is 0 Å². The van der Waals surface area contributed by atoms with Crippen molar-refractivity contribution in [2.45, 2.75) is 38.2 Å². The molecule has 1 aliphatic carbocycles. The van der Waals surface area contributed by atoms with Crippen LogP contribution in [0, 0.1) is 5.92 Å². The third-order valence-electron chi connectivity index (χ3n) is 5.41. The lowest BCUT2D eigenvalue weighted by atomic mass is 9.82. The maximum atomic E-state index is 12.7. The van der Waals surface area contributed by atoms with Crippen molar-refractivity contribution in [1.29, 1.82) is 0 Å². The van der Waals surface area contributed by atoms with Crippen LogP contribution in [0.15, 0.2) is 54.9 Å². The Labute approximate surface area is 163 Å². The summed E-state index contributed by atoms with van der Waals surface area (Å²) >= 11 is 0. The number of carbonyl (C=O) groups excluding carboxylic acids is 2. The minimum Gasteiger partial charge on any atom is -0.393 e. The molecule has 4 rings (SSSR count). The molecule has 3 aromatic rings. The van der Waals surface area contributed by atoms with Crippen LogP contribution in [-0.4, -0.2) is 32.3 Å². The highest BCUT2D eigenvalue weighted by Gasteiger charge is 2.25. The number of imidazole rings is 1. The van der Waals surface area contributed by atoms with Gasteiger partial charge in [0.1, 0.15) is 11.3 Å². The Morgan fingerprint density at radius 2 is 2.00 bits per heavy atom. The van der Waals surface area contributed by atoms with Gasteiger partial charge in [0.05, 0.1) is 12.3 Å². The Kier molecular flexibility index (Phi) is 5.21. The van der Waals surface area contributed by atoms with Gasteiger partial charge in [-0.3, -0.25) is 14.0 Å². The van der Waals surface area contributed by atoms with Gasteiger partial charge in [-0.25, -0.2) is 4.98 Å². The van der Waals surface area contributed by atoms with Crippen molar-refractivity contribution in [3.05, 3.63) is 66.1 Å². The zero-order valence-electron chi connectivity index (χ0n) is 15.5. The molecule has 0 aliphatic heterocycles. The Morgan fingerprint density at radius 1 is 1.14 bits per heavy atom. The van der Waals surface area contributed by atoms with Crippen molar-refractivity contribution in [2.75, 3.05) is 5.32 Å². The third kappa shape index (κ3) is 3.82. The second-order valence-electron chi connectivity index (χ2n) is 7.35. The summed E-state index contributed by atoms with van der Waals surface area (Å²) < 4.78 is 1.72. The highest BCUT2D eigenvalue weighted by atomic mass is 16.3. The normalized spacial score (nSPS) is 19.5. The van der Waals surface area contributed by atoms with E-state index in [-0.39, 0.29) is 17.6 Å². The van der Waals surface area contributed by atoms with Crippen LogP contribution in [0.1, 0.15) is 53.0 Å². The minimum absolute atomic E-state index is 0.00292. The molecular weight excluding hydrogens is 354 g/mol. The first-order chi connectivity index (χ1) is 13.6. The van der Waals surface area contributed by atoms with Gasteiger partial charge < -0.3 is 10.4 Å². The highest BCUT2D eigenvalue weighted by Crippen LogP contribution is 2.28. The molecule has 6 nitrogen and oxygen atoms in total. The summed E-state index contributed by atoms with van der Waals surface area (Å²) in [6.07, 6.45) is 7.00. The van der Waals surface area contributed by atoms with Gasteiger partial charge in [-0.05, 0) is 43.0 Å². The molecule has 2 N–H and O–H groups in total. The number of hydrogen-bond acceptors (Lipinski definition) is 4. The van der Waals surface area contributed by atoms with Crippen LogP contribution in [0.3, 0.4) is 0 Å². The number of fused-ring (bicyclic) bond motifs is 1. The molecule has 0 bridgehead atoms. The molecular formula is C22H23N3O3. The van der Waals surface area contributed by atoms with Crippen LogP contribution in [0.4, 0.5) is 5.69 Å². The number of pyridine rings is 1. The van der Waals surface area contributed by atoms with Crippen LogP contribution in [0.25, 0.3) is 5.65 Å². The van der Waals surface area contributed by atoms with Gasteiger partial charge in [0.2, 0.25) is 0 Å².